The summed E-state index contributed by atoms with van der Waals surface area (Å²) in [6.45, 7) is 19.1. The molecule has 322 valence electrons. The smallest absolute Gasteiger partial charge is 0.333 e. The van der Waals surface area contributed by atoms with E-state index >= 15 is 0 Å². The number of ether oxygens (including phenoxy) is 4. The predicted molar refractivity (Wildman–Crippen MR) is 238 cm³/mol. The van der Waals surface area contributed by atoms with Crippen molar-refractivity contribution in [1.29, 1.82) is 0 Å². The number of carbonyl (C=O) groups excluding carboxylic acids is 2. The number of unbranched alkanes of at least 4 members (excludes halogenated alkanes) is 10. The molecule has 3 rings (SSSR count). The van der Waals surface area contributed by atoms with Crippen LogP contribution in [-0.2, 0) is 19.1 Å². The van der Waals surface area contributed by atoms with Crippen LogP contribution in [0.4, 0.5) is 22.7 Å². The molecule has 0 spiro atoms. The summed E-state index contributed by atoms with van der Waals surface area (Å²) in [5.41, 5.74) is 10.8. The maximum Gasteiger partial charge on any atom is 0.333 e. The fraction of sp³-hybridized carbons (Fsp3) is 0.532. The molecular formula is C47H68N6O6. The molecule has 59 heavy (non-hydrogen) atoms. The van der Waals surface area contributed by atoms with E-state index in [0.29, 0.717) is 51.8 Å². The normalized spacial score (nSPS) is 13.7. The number of benzene rings is 2. The van der Waals surface area contributed by atoms with E-state index in [1.807, 2.05) is 25.1 Å². The number of hydrogen-bond acceptors (Lipinski definition) is 12. The minimum Gasteiger partial charge on any atom is -0.488 e. The van der Waals surface area contributed by atoms with Crippen molar-refractivity contribution in [1.82, 2.24) is 0 Å². The van der Waals surface area contributed by atoms with E-state index in [1.54, 1.807) is 32.1 Å². The van der Waals surface area contributed by atoms with Crippen molar-refractivity contribution < 1.29 is 28.5 Å². The van der Waals surface area contributed by atoms with Crippen LogP contribution in [0.1, 0.15) is 117 Å². The number of nitrogens with zero attached hydrogens (tertiary/aromatic N) is 5. The molecule has 0 aliphatic heterocycles. The molecule has 1 unspecified atom stereocenters. The molecule has 2 aromatic carbocycles. The van der Waals surface area contributed by atoms with Gasteiger partial charge in [-0.15, -0.1) is 5.11 Å². The number of hydrogen-bond donors (Lipinski definition) is 1. The third kappa shape index (κ3) is 18.5. The maximum absolute atomic E-state index is 12.0. The summed E-state index contributed by atoms with van der Waals surface area (Å²) >= 11 is 0. The van der Waals surface area contributed by atoms with Crippen molar-refractivity contribution >= 4 is 34.7 Å². The third-order valence-electron chi connectivity index (χ3n) is 9.68. The van der Waals surface area contributed by atoms with Gasteiger partial charge in [-0.05, 0) is 69.9 Å². The molecule has 0 saturated heterocycles. The number of aryl methyl sites for hydroxylation is 1. The fourth-order valence-electron chi connectivity index (χ4n) is 6.18. The van der Waals surface area contributed by atoms with E-state index in [9.17, 15) is 9.59 Å². The first kappa shape index (κ1) is 48.1. The van der Waals surface area contributed by atoms with Gasteiger partial charge in [0.15, 0.2) is 0 Å². The first-order valence-corrected chi connectivity index (χ1v) is 21.4. The van der Waals surface area contributed by atoms with Gasteiger partial charge in [-0.3, -0.25) is 0 Å². The summed E-state index contributed by atoms with van der Waals surface area (Å²) in [7, 11) is 0. The molecule has 12 nitrogen and oxygen atoms in total. The molecule has 1 aliphatic rings. The molecule has 1 aliphatic carbocycles. The maximum atomic E-state index is 12.0. The minimum absolute atomic E-state index is 0.0127. The summed E-state index contributed by atoms with van der Waals surface area (Å²) in [6, 6.07) is 9.43. The Morgan fingerprint density at radius 1 is 0.712 bits per heavy atom. The Labute approximate surface area is 352 Å². The Morgan fingerprint density at radius 3 is 1.71 bits per heavy atom. The number of azo groups is 2. The van der Waals surface area contributed by atoms with Crippen molar-refractivity contribution in [2.24, 2.45) is 26.2 Å². The SMILES string of the molecule is C=C(C)C(=O)OCCOc1cc(N=NC2C=CC(N)=CC2)c(OCCOC(=O)C(=C)C)cc1N=Nc1ccc(N(CCCCCCCC)CCCCCCCC)cc1C. The molecule has 12 heteroatoms. The van der Waals surface area contributed by atoms with E-state index in [2.05, 4.69) is 64.5 Å². The average molecular weight is 813 g/mol. The molecular weight excluding hydrogens is 745 g/mol. The number of anilines is 1. The molecule has 2 aromatic rings. The Bertz CT molecular complexity index is 1770. The Balaban J connectivity index is 1.92. The van der Waals surface area contributed by atoms with Gasteiger partial charge in [0, 0.05) is 47.8 Å². The van der Waals surface area contributed by atoms with Gasteiger partial charge in [0.2, 0.25) is 0 Å². The van der Waals surface area contributed by atoms with Gasteiger partial charge in [-0.25, -0.2) is 9.59 Å². The zero-order valence-electron chi connectivity index (χ0n) is 36.3. The van der Waals surface area contributed by atoms with E-state index in [-0.39, 0.29) is 32.5 Å². The molecule has 0 saturated carbocycles. The average Bonchev–Trinajstić information content (AvgIpc) is 3.22. The van der Waals surface area contributed by atoms with Gasteiger partial charge in [0.1, 0.15) is 49.3 Å². The lowest BCUT2D eigenvalue weighted by Crippen LogP contribution is -2.25. The van der Waals surface area contributed by atoms with E-state index in [1.165, 1.54) is 82.7 Å². The van der Waals surface area contributed by atoms with Crippen LogP contribution >= 0.6 is 0 Å². The highest BCUT2D eigenvalue weighted by Crippen LogP contribution is 2.41. The molecule has 0 bridgehead atoms. The highest BCUT2D eigenvalue weighted by molar-refractivity contribution is 5.87. The van der Waals surface area contributed by atoms with Crippen LogP contribution in [0, 0.1) is 6.92 Å². The highest BCUT2D eigenvalue weighted by Gasteiger charge is 2.16. The number of rotatable bonds is 29. The molecule has 0 radical (unpaired) electrons. The van der Waals surface area contributed by atoms with Gasteiger partial charge in [-0.2, -0.15) is 15.3 Å². The van der Waals surface area contributed by atoms with Gasteiger partial charge in [0.25, 0.3) is 0 Å². The summed E-state index contributed by atoms with van der Waals surface area (Å²) in [6.07, 6.45) is 21.3. The zero-order valence-corrected chi connectivity index (χ0v) is 36.3. The van der Waals surface area contributed by atoms with Crippen LogP contribution in [0.25, 0.3) is 0 Å². The highest BCUT2D eigenvalue weighted by atomic mass is 16.6. The molecule has 0 amide bonds. The van der Waals surface area contributed by atoms with Crippen LogP contribution < -0.4 is 20.1 Å². The van der Waals surface area contributed by atoms with Crippen molar-refractivity contribution in [3.05, 3.63) is 84.1 Å². The van der Waals surface area contributed by atoms with Crippen molar-refractivity contribution in [3.63, 3.8) is 0 Å². The van der Waals surface area contributed by atoms with Crippen molar-refractivity contribution in [2.45, 2.75) is 124 Å². The standard InChI is InChI=1S/C47H68N6O6/c1-8-10-12-14-16-18-26-53(27-19-17-15-13-11-9-2)40-24-25-41(37(7)32-40)50-52-43-34-44(56-28-30-58-46(54)35(3)4)42(51-49-39-22-20-38(48)21-23-39)33-45(43)57-29-31-59-47(55)36(5)6/h20-22,24-25,32-34,39H,3,5,8-19,23,26-31,48H2,1-2,4,6-7H3. The Hall–Kier alpha value is -5.26. The summed E-state index contributed by atoms with van der Waals surface area (Å²) in [4.78, 5) is 26.6. The number of esters is 2. The molecule has 1 atom stereocenters. The summed E-state index contributed by atoms with van der Waals surface area (Å²) < 4.78 is 22.7. The van der Waals surface area contributed by atoms with Crippen LogP contribution in [0.2, 0.25) is 0 Å². The second-order valence-electron chi connectivity index (χ2n) is 15.1. The monoisotopic (exact) mass is 813 g/mol. The van der Waals surface area contributed by atoms with Gasteiger partial charge in [0.05, 0.1) is 11.7 Å². The Morgan fingerprint density at radius 2 is 1.22 bits per heavy atom. The number of carbonyl (C=O) groups is 2. The van der Waals surface area contributed by atoms with Crippen LogP contribution in [-0.4, -0.2) is 57.5 Å². The quantitative estimate of drug-likeness (QED) is 0.0369. The fourth-order valence-corrected chi connectivity index (χ4v) is 6.18. The third-order valence-corrected chi connectivity index (χ3v) is 9.68. The first-order chi connectivity index (χ1) is 28.5. The molecule has 0 aromatic heterocycles. The number of allylic oxidation sites excluding steroid dienone is 1. The minimum atomic E-state index is -0.509. The van der Waals surface area contributed by atoms with E-state index < -0.39 is 11.9 Å². The number of nitrogens with two attached hydrogens (primary N) is 1. The van der Waals surface area contributed by atoms with Crippen LogP contribution in [0.5, 0.6) is 11.5 Å². The first-order valence-electron chi connectivity index (χ1n) is 21.4. The van der Waals surface area contributed by atoms with Gasteiger partial charge >= 0.3 is 11.9 Å². The Kier molecular flexibility index (Phi) is 22.4. The van der Waals surface area contributed by atoms with Crippen LogP contribution in [0.3, 0.4) is 0 Å². The topological polar surface area (TPSA) is 150 Å². The van der Waals surface area contributed by atoms with Crippen molar-refractivity contribution in [2.75, 3.05) is 44.4 Å². The zero-order chi connectivity index (χ0) is 42.8. The summed E-state index contributed by atoms with van der Waals surface area (Å²) in [5.74, 6) is -0.357. The lowest BCUT2D eigenvalue weighted by Gasteiger charge is -2.26. The predicted octanol–water partition coefficient (Wildman–Crippen LogP) is 12.2. The molecule has 0 fully saturated rings. The summed E-state index contributed by atoms with van der Waals surface area (Å²) in [5, 5.41) is 18.3. The van der Waals surface area contributed by atoms with E-state index in [0.717, 1.165) is 18.7 Å². The second kappa shape index (κ2) is 27.4. The largest absolute Gasteiger partial charge is 0.488 e. The van der Waals surface area contributed by atoms with Crippen molar-refractivity contribution in [3.8, 4) is 11.5 Å². The van der Waals surface area contributed by atoms with Crippen LogP contribution in [0.15, 0.2) is 99.0 Å². The lowest BCUT2D eigenvalue weighted by molar-refractivity contribution is -0.140. The molecule has 2 N–H and O–H groups in total. The lowest BCUT2D eigenvalue weighted by atomic mass is 10.1. The van der Waals surface area contributed by atoms with Gasteiger partial charge < -0.3 is 29.6 Å². The molecule has 0 heterocycles. The van der Waals surface area contributed by atoms with Gasteiger partial charge in [-0.1, -0.05) is 103 Å². The second-order valence-corrected chi connectivity index (χ2v) is 15.1. The van der Waals surface area contributed by atoms with E-state index in [4.69, 9.17) is 24.7 Å².